The molecule has 1 heteroatoms. The van der Waals surface area contributed by atoms with Crippen LogP contribution in [0.1, 0.15) is 5.56 Å². The zero-order valence-electron chi connectivity index (χ0n) is 6.92. The summed E-state index contributed by atoms with van der Waals surface area (Å²) in [6, 6.07) is 12.1. The van der Waals surface area contributed by atoms with Gasteiger partial charge in [-0.2, -0.15) is 0 Å². The molecule has 0 saturated carbocycles. The molecular formula is C12H7Br. The molecule has 0 aliphatic rings. The van der Waals surface area contributed by atoms with Crippen molar-refractivity contribution in [2.45, 2.75) is 0 Å². The Morgan fingerprint density at radius 2 is 1.77 bits per heavy atom. The monoisotopic (exact) mass is 230 g/mol. The lowest BCUT2D eigenvalue weighted by molar-refractivity contribution is 1.67. The maximum atomic E-state index is 5.41. The lowest BCUT2D eigenvalue weighted by Gasteiger charge is -2.02. The van der Waals surface area contributed by atoms with Gasteiger partial charge in [0.15, 0.2) is 0 Å². The van der Waals surface area contributed by atoms with Crippen LogP contribution in [0.3, 0.4) is 0 Å². The maximum absolute atomic E-state index is 5.41. The molecule has 2 aromatic carbocycles. The minimum Gasteiger partial charge on any atom is -0.115 e. The van der Waals surface area contributed by atoms with Gasteiger partial charge in [0.2, 0.25) is 0 Å². The molecule has 0 unspecified atom stereocenters. The molecule has 0 nitrogen and oxygen atoms in total. The zero-order valence-corrected chi connectivity index (χ0v) is 8.51. The van der Waals surface area contributed by atoms with Crippen LogP contribution in [0.15, 0.2) is 40.9 Å². The van der Waals surface area contributed by atoms with Gasteiger partial charge >= 0.3 is 0 Å². The van der Waals surface area contributed by atoms with Gasteiger partial charge in [-0.15, -0.1) is 6.42 Å². The van der Waals surface area contributed by atoms with E-state index in [0.29, 0.717) is 0 Å². The summed E-state index contributed by atoms with van der Waals surface area (Å²) in [7, 11) is 0. The molecule has 0 N–H and O–H groups in total. The topological polar surface area (TPSA) is 0 Å². The predicted octanol–water partition coefficient (Wildman–Crippen LogP) is 3.58. The van der Waals surface area contributed by atoms with Crippen LogP contribution in [0.2, 0.25) is 0 Å². The van der Waals surface area contributed by atoms with Gasteiger partial charge in [0, 0.05) is 15.4 Å². The van der Waals surface area contributed by atoms with Crippen LogP contribution >= 0.6 is 15.9 Å². The molecule has 0 spiro atoms. The largest absolute Gasteiger partial charge is 0.115 e. The molecule has 0 saturated heterocycles. The van der Waals surface area contributed by atoms with E-state index in [1.165, 1.54) is 5.39 Å². The van der Waals surface area contributed by atoms with E-state index in [0.717, 1.165) is 15.4 Å². The lowest BCUT2D eigenvalue weighted by Crippen LogP contribution is -1.79. The van der Waals surface area contributed by atoms with Crippen molar-refractivity contribution >= 4 is 26.7 Å². The van der Waals surface area contributed by atoms with Gasteiger partial charge < -0.3 is 0 Å². The molecule has 0 heterocycles. The minimum absolute atomic E-state index is 0.935. The second-order valence-corrected chi connectivity index (χ2v) is 3.64. The fourth-order valence-corrected chi connectivity index (χ4v) is 2.01. The molecule has 13 heavy (non-hydrogen) atoms. The van der Waals surface area contributed by atoms with E-state index in [1.54, 1.807) is 0 Å². The van der Waals surface area contributed by atoms with Crippen LogP contribution in [0.5, 0.6) is 0 Å². The quantitative estimate of drug-likeness (QED) is 0.608. The van der Waals surface area contributed by atoms with Gasteiger partial charge in [-0.3, -0.25) is 0 Å². The molecule has 0 bridgehead atoms. The summed E-state index contributed by atoms with van der Waals surface area (Å²) in [6.07, 6.45) is 5.41. The highest BCUT2D eigenvalue weighted by molar-refractivity contribution is 9.10. The molecule has 0 aliphatic carbocycles. The summed E-state index contributed by atoms with van der Waals surface area (Å²) in [5.41, 5.74) is 0.935. The highest BCUT2D eigenvalue weighted by Gasteiger charge is 2.00. The van der Waals surface area contributed by atoms with Crippen LogP contribution in [-0.2, 0) is 0 Å². The highest BCUT2D eigenvalue weighted by Crippen LogP contribution is 2.26. The Balaban J connectivity index is 2.97. The van der Waals surface area contributed by atoms with Crippen LogP contribution < -0.4 is 0 Å². The van der Waals surface area contributed by atoms with Crippen molar-refractivity contribution in [1.82, 2.24) is 0 Å². The Bertz CT molecular complexity index is 487. The SMILES string of the molecule is C#Cc1cccc2cccc(Br)c12. The summed E-state index contributed by atoms with van der Waals surface area (Å²) in [6.45, 7) is 0. The highest BCUT2D eigenvalue weighted by atomic mass is 79.9. The molecule has 0 atom stereocenters. The predicted molar refractivity (Wildman–Crippen MR) is 59.6 cm³/mol. The Morgan fingerprint density at radius 3 is 2.46 bits per heavy atom. The van der Waals surface area contributed by atoms with E-state index in [-0.39, 0.29) is 0 Å². The second kappa shape index (κ2) is 3.24. The fourth-order valence-electron chi connectivity index (χ4n) is 1.42. The standard InChI is InChI=1S/C12H7Br/c1-2-9-5-3-6-10-7-4-8-11(13)12(9)10/h1,3-8H. The average molecular weight is 231 g/mol. The van der Waals surface area contributed by atoms with Crippen molar-refractivity contribution < 1.29 is 0 Å². The van der Waals surface area contributed by atoms with Crippen LogP contribution in [0.25, 0.3) is 10.8 Å². The Morgan fingerprint density at radius 1 is 1.08 bits per heavy atom. The van der Waals surface area contributed by atoms with Gasteiger partial charge in [0.1, 0.15) is 0 Å². The van der Waals surface area contributed by atoms with Crippen LogP contribution in [0, 0.1) is 12.3 Å². The zero-order chi connectivity index (χ0) is 9.26. The number of benzene rings is 2. The van der Waals surface area contributed by atoms with Gasteiger partial charge in [-0.05, 0) is 17.5 Å². The third-order valence-electron chi connectivity index (χ3n) is 2.01. The van der Waals surface area contributed by atoms with Crippen molar-refractivity contribution in [3.05, 3.63) is 46.4 Å². The first-order valence-corrected chi connectivity index (χ1v) is 4.76. The molecule has 0 radical (unpaired) electrons. The Kier molecular flexibility index (Phi) is 2.08. The summed E-state index contributed by atoms with van der Waals surface area (Å²) >= 11 is 3.49. The summed E-state index contributed by atoms with van der Waals surface area (Å²) in [4.78, 5) is 0. The third-order valence-corrected chi connectivity index (χ3v) is 2.67. The first kappa shape index (κ1) is 8.34. The maximum Gasteiger partial charge on any atom is 0.0332 e. The van der Waals surface area contributed by atoms with Crippen molar-refractivity contribution in [3.8, 4) is 12.3 Å². The smallest absolute Gasteiger partial charge is 0.0332 e. The van der Waals surface area contributed by atoms with E-state index >= 15 is 0 Å². The second-order valence-electron chi connectivity index (χ2n) is 2.79. The Hall–Kier alpha value is -1.26. The van der Waals surface area contributed by atoms with E-state index in [9.17, 15) is 0 Å². The molecule has 62 valence electrons. The lowest BCUT2D eigenvalue weighted by atomic mass is 10.1. The summed E-state index contributed by atoms with van der Waals surface area (Å²) in [5, 5.41) is 2.29. The number of hydrogen-bond donors (Lipinski definition) is 0. The fraction of sp³-hybridized carbons (Fsp3) is 0. The van der Waals surface area contributed by atoms with Crippen LogP contribution in [0.4, 0.5) is 0 Å². The number of hydrogen-bond acceptors (Lipinski definition) is 0. The van der Waals surface area contributed by atoms with E-state index in [2.05, 4.69) is 34.0 Å². The van der Waals surface area contributed by atoms with Gasteiger partial charge in [0.25, 0.3) is 0 Å². The van der Waals surface area contributed by atoms with Gasteiger partial charge in [-0.1, -0.05) is 46.1 Å². The summed E-state index contributed by atoms with van der Waals surface area (Å²) < 4.78 is 1.05. The van der Waals surface area contributed by atoms with Crippen molar-refractivity contribution in [1.29, 1.82) is 0 Å². The van der Waals surface area contributed by atoms with Gasteiger partial charge in [-0.25, -0.2) is 0 Å². The molecular weight excluding hydrogens is 224 g/mol. The van der Waals surface area contributed by atoms with Gasteiger partial charge in [0.05, 0.1) is 0 Å². The Labute approximate surface area is 85.7 Å². The van der Waals surface area contributed by atoms with Crippen molar-refractivity contribution in [2.75, 3.05) is 0 Å². The minimum atomic E-state index is 0.935. The number of terminal acetylenes is 1. The molecule has 0 aliphatic heterocycles. The molecule has 0 amide bonds. The normalized spacial score (nSPS) is 9.85. The van der Waals surface area contributed by atoms with Crippen molar-refractivity contribution in [2.24, 2.45) is 0 Å². The first-order valence-electron chi connectivity index (χ1n) is 3.97. The number of halogens is 1. The number of rotatable bonds is 0. The molecule has 2 aromatic rings. The van der Waals surface area contributed by atoms with E-state index < -0.39 is 0 Å². The third kappa shape index (κ3) is 1.34. The van der Waals surface area contributed by atoms with E-state index in [4.69, 9.17) is 6.42 Å². The first-order chi connectivity index (χ1) is 6.33. The number of fused-ring (bicyclic) bond motifs is 1. The van der Waals surface area contributed by atoms with Crippen LogP contribution in [-0.4, -0.2) is 0 Å². The summed E-state index contributed by atoms with van der Waals surface area (Å²) in [5.74, 6) is 2.68. The average Bonchev–Trinajstić information content (AvgIpc) is 2.17. The molecule has 2 rings (SSSR count). The molecule has 0 fully saturated rings. The molecule has 0 aromatic heterocycles. The van der Waals surface area contributed by atoms with Crippen molar-refractivity contribution in [3.63, 3.8) is 0 Å². The van der Waals surface area contributed by atoms with E-state index in [1.807, 2.05) is 24.3 Å².